The van der Waals surface area contributed by atoms with Gasteiger partial charge in [-0.05, 0) is 69.4 Å². The van der Waals surface area contributed by atoms with Crippen LogP contribution in [-0.2, 0) is 29.1 Å². The summed E-state index contributed by atoms with van der Waals surface area (Å²) < 4.78 is 41.2. The molecule has 2 amide bonds. The highest BCUT2D eigenvalue weighted by molar-refractivity contribution is 7.80. The molecule has 4 heterocycles. The molecule has 0 radical (unpaired) electrons. The highest BCUT2D eigenvalue weighted by Gasteiger charge is 2.58. The fourth-order valence-electron chi connectivity index (χ4n) is 4.85. The molecule has 0 bridgehead atoms. The Morgan fingerprint density at radius 2 is 2.05 bits per heavy atom. The third kappa shape index (κ3) is 7.16. The van der Waals surface area contributed by atoms with Gasteiger partial charge in [0.1, 0.15) is 29.9 Å². The monoisotopic (exact) mass is 648 g/mol. The second-order valence-electron chi connectivity index (χ2n) is 10.6. The molecule has 0 saturated carbocycles. The van der Waals surface area contributed by atoms with Crippen molar-refractivity contribution >= 4 is 61.0 Å². The van der Waals surface area contributed by atoms with Crippen LogP contribution < -0.4 is 26.4 Å². The fraction of sp³-hybridized carbons (Fsp3) is 0.423. The molecule has 0 unspecified atom stereocenters. The van der Waals surface area contributed by atoms with Crippen LogP contribution in [0.25, 0.3) is 10.8 Å². The Balaban J connectivity index is 1.19. The van der Waals surface area contributed by atoms with E-state index in [-0.39, 0.29) is 29.8 Å². The van der Waals surface area contributed by atoms with Gasteiger partial charge in [0.15, 0.2) is 17.5 Å². The number of rotatable bonds is 12. The van der Waals surface area contributed by atoms with Crippen LogP contribution in [0.3, 0.4) is 0 Å². The summed E-state index contributed by atoms with van der Waals surface area (Å²) in [5.74, 6) is -0.284. The van der Waals surface area contributed by atoms with Gasteiger partial charge in [0.25, 0.3) is 11.8 Å². The Kier molecular flexibility index (Phi) is 9.16. The van der Waals surface area contributed by atoms with Gasteiger partial charge in [-0.2, -0.15) is 13.5 Å². The molecule has 6 N–H and O–H groups in total. The number of thiazole rings is 1. The summed E-state index contributed by atoms with van der Waals surface area (Å²) >= 11 is 1.07. The number of ether oxygens (including phenoxy) is 1. The van der Waals surface area contributed by atoms with Crippen LogP contribution in [0.5, 0.6) is 5.75 Å². The number of hydrogen-bond donors (Lipinski definition) is 5. The van der Waals surface area contributed by atoms with Gasteiger partial charge in [-0.3, -0.25) is 14.1 Å². The number of piperidine rings is 1. The van der Waals surface area contributed by atoms with Gasteiger partial charge in [-0.25, -0.2) is 9.97 Å². The molecule has 16 nitrogen and oxygen atoms in total. The molecule has 2 fully saturated rings. The molecular formula is C26H32N8O8S2. The topological polar surface area (TPSA) is 220 Å². The fourth-order valence-corrected chi connectivity index (χ4v) is 5.85. The second-order valence-corrected chi connectivity index (χ2v) is 12.5. The SMILES string of the molecule is CC1(C)[C@H](NC(=O)/C(=N\OCCOc2ccc3c(NC4CCNCC4)nccc3c2)c2csc(N)n2)C(=O)N1OS(=O)(=O)O. The van der Waals surface area contributed by atoms with Gasteiger partial charge in [-0.1, -0.05) is 5.16 Å². The molecule has 2 saturated heterocycles. The van der Waals surface area contributed by atoms with Gasteiger partial charge in [-0.15, -0.1) is 15.6 Å². The number of anilines is 2. The zero-order chi connectivity index (χ0) is 31.5. The molecule has 3 aromatic rings. The first-order chi connectivity index (χ1) is 20.9. The first kappa shape index (κ1) is 31.3. The van der Waals surface area contributed by atoms with Gasteiger partial charge >= 0.3 is 10.4 Å². The van der Waals surface area contributed by atoms with E-state index in [2.05, 4.69) is 35.4 Å². The van der Waals surface area contributed by atoms with E-state index in [4.69, 9.17) is 19.9 Å². The lowest BCUT2D eigenvalue weighted by molar-refractivity contribution is -0.218. The zero-order valence-electron chi connectivity index (χ0n) is 23.8. The lowest BCUT2D eigenvalue weighted by Crippen LogP contribution is -2.76. The number of hydrogen-bond acceptors (Lipinski definition) is 14. The van der Waals surface area contributed by atoms with Crippen molar-refractivity contribution in [2.45, 2.75) is 44.3 Å². The summed E-state index contributed by atoms with van der Waals surface area (Å²) in [6.45, 7) is 4.89. The number of nitrogens with one attached hydrogen (secondary N) is 3. The number of nitrogens with two attached hydrogens (primary N) is 1. The van der Waals surface area contributed by atoms with Crippen LogP contribution in [0.15, 0.2) is 41.0 Å². The Morgan fingerprint density at radius 3 is 2.73 bits per heavy atom. The average molecular weight is 649 g/mol. The Bertz CT molecular complexity index is 1670. The summed E-state index contributed by atoms with van der Waals surface area (Å²) in [4.78, 5) is 39.5. The van der Waals surface area contributed by atoms with Gasteiger partial charge in [0.05, 0.1) is 5.54 Å². The highest BCUT2D eigenvalue weighted by Crippen LogP contribution is 2.33. The standard InChI is InChI=1S/C26H32N8O8S2/c1-26(2)21(24(36)34(26)42-44(37,38)39)32-23(35)20(19-14-43-25(27)31-19)33-41-12-11-40-17-3-4-18-15(13-17)5-10-29-22(18)30-16-6-8-28-9-7-16/h3-5,10,13-14,16,21,28H,6-9,11-12H2,1-2H3,(H2,27,31)(H,29,30)(H,32,35)(H,37,38,39)/b33-20-/t21-/m1/s1. The first-order valence-corrected chi connectivity index (χ1v) is 15.9. The average Bonchev–Trinajstić information content (AvgIpc) is 3.42. The van der Waals surface area contributed by atoms with E-state index in [1.807, 2.05) is 24.3 Å². The molecule has 1 atom stereocenters. The minimum atomic E-state index is -4.95. The van der Waals surface area contributed by atoms with E-state index in [1.165, 1.54) is 19.2 Å². The summed E-state index contributed by atoms with van der Waals surface area (Å²) in [6, 6.07) is 6.76. The molecule has 2 aliphatic heterocycles. The smallest absolute Gasteiger partial charge is 0.418 e. The number of fused-ring (bicyclic) bond motifs is 1. The summed E-state index contributed by atoms with van der Waals surface area (Å²) in [5.41, 5.74) is 4.26. The van der Waals surface area contributed by atoms with Crippen molar-refractivity contribution in [1.29, 1.82) is 0 Å². The number of nitrogen functional groups attached to an aromatic ring is 1. The molecule has 18 heteroatoms. The Labute approximate surface area is 256 Å². The van der Waals surface area contributed by atoms with Crippen LogP contribution in [0.1, 0.15) is 32.4 Å². The molecule has 1 aromatic carbocycles. The summed E-state index contributed by atoms with van der Waals surface area (Å²) in [5, 5.41) is 17.4. The predicted octanol–water partition coefficient (Wildman–Crippen LogP) is 1.08. The quantitative estimate of drug-likeness (QED) is 0.0611. The van der Waals surface area contributed by atoms with Gasteiger partial charge in [0, 0.05) is 23.0 Å². The van der Waals surface area contributed by atoms with Crippen LogP contribution in [0.4, 0.5) is 10.9 Å². The third-order valence-corrected chi connectivity index (χ3v) is 8.13. The largest absolute Gasteiger partial charge is 0.490 e. The van der Waals surface area contributed by atoms with Crippen LogP contribution in [-0.4, -0.2) is 89.5 Å². The number of hydroxylamine groups is 2. The van der Waals surface area contributed by atoms with E-state index in [1.54, 1.807) is 6.20 Å². The number of nitrogens with zero attached hydrogens (tertiary/aromatic N) is 4. The van der Waals surface area contributed by atoms with E-state index in [9.17, 15) is 18.0 Å². The van der Waals surface area contributed by atoms with Crippen LogP contribution in [0.2, 0.25) is 0 Å². The Hall–Kier alpha value is -4.10. The zero-order valence-corrected chi connectivity index (χ0v) is 25.5. The number of aromatic nitrogens is 2. The predicted molar refractivity (Wildman–Crippen MR) is 161 cm³/mol. The maximum Gasteiger partial charge on any atom is 0.418 e. The van der Waals surface area contributed by atoms with Crippen LogP contribution in [0, 0.1) is 0 Å². The molecular weight excluding hydrogens is 616 g/mol. The minimum Gasteiger partial charge on any atom is -0.490 e. The summed E-state index contributed by atoms with van der Waals surface area (Å²) in [7, 11) is -4.95. The molecule has 2 aliphatic rings. The van der Waals surface area contributed by atoms with E-state index in [0.717, 1.165) is 53.9 Å². The van der Waals surface area contributed by atoms with Crippen LogP contribution >= 0.6 is 11.3 Å². The van der Waals surface area contributed by atoms with E-state index >= 15 is 0 Å². The van der Waals surface area contributed by atoms with Crippen molar-refractivity contribution in [2.75, 3.05) is 37.4 Å². The number of amides is 2. The maximum absolute atomic E-state index is 13.1. The molecule has 44 heavy (non-hydrogen) atoms. The van der Waals surface area contributed by atoms with E-state index < -0.39 is 33.8 Å². The number of oxime groups is 1. The highest BCUT2D eigenvalue weighted by atomic mass is 32.3. The summed E-state index contributed by atoms with van der Waals surface area (Å²) in [6.07, 6.45) is 3.81. The Morgan fingerprint density at radius 1 is 1.27 bits per heavy atom. The molecule has 236 valence electrons. The first-order valence-electron chi connectivity index (χ1n) is 13.6. The number of benzene rings is 1. The molecule has 0 spiro atoms. The number of carbonyl (C=O) groups is 2. The molecule has 2 aromatic heterocycles. The van der Waals surface area contributed by atoms with Crippen molar-refractivity contribution in [1.82, 2.24) is 25.7 Å². The normalized spacial score (nSPS) is 19.0. The van der Waals surface area contributed by atoms with Gasteiger partial charge in [0.2, 0.25) is 0 Å². The lowest BCUT2D eigenvalue weighted by Gasteiger charge is -2.50. The van der Waals surface area contributed by atoms with Crippen molar-refractivity contribution in [3.05, 3.63) is 41.5 Å². The van der Waals surface area contributed by atoms with Crippen molar-refractivity contribution in [2.24, 2.45) is 5.16 Å². The third-order valence-electron chi connectivity index (χ3n) is 7.12. The second kappa shape index (κ2) is 12.9. The van der Waals surface area contributed by atoms with Crippen molar-refractivity contribution in [3.8, 4) is 5.75 Å². The van der Waals surface area contributed by atoms with E-state index in [0.29, 0.717) is 16.9 Å². The number of β-lactam (4-membered cyclic amide) rings is 1. The minimum absolute atomic E-state index is 0.0306. The molecule has 5 rings (SSSR count). The lowest BCUT2D eigenvalue weighted by atomic mass is 9.84. The maximum atomic E-state index is 13.1. The van der Waals surface area contributed by atoms with Crippen molar-refractivity contribution < 1.29 is 36.4 Å². The van der Waals surface area contributed by atoms with Crippen molar-refractivity contribution in [3.63, 3.8) is 0 Å². The molecule has 0 aliphatic carbocycles. The number of pyridine rings is 1. The van der Waals surface area contributed by atoms with Gasteiger partial charge < -0.3 is 31.3 Å². The number of carbonyl (C=O) groups excluding carboxylic acids is 2.